The molecule has 0 atom stereocenters. The van der Waals surface area contributed by atoms with Crippen LogP contribution in [-0.2, 0) is 6.16 Å². The van der Waals surface area contributed by atoms with E-state index in [4.69, 9.17) is 22.5 Å². The van der Waals surface area contributed by atoms with Crippen molar-refractivity contribution in [1.29, 1.82) is 0 Å². The third-order valence-corrected chi connectivity index (χ3v) is 7.05. The Bertz CT molecular complexity index is 274. The molecular weight excluding hydrogens is 222 g/mol. The fourth-order valence-electron chi connectivity index (χ4n) is 1.14. The van der Waals surface area contributed by atoms with E-state index in [1.54, 1.807) is 0 Å². The average Bonchev–Trinajstić information content (AvgIpc) is 2.05. The number of benzene rings is 1. The Hall–Kier alpha value is 0.230. The molecule has 3 heteroatoms. The SMILES string of the molecule is CCP(C)(Cl)(Cl)Cc1ccccc1. The van der Waals surface area contributed by atoms with Crippen LogP contribution in [0, 0.1) is 0 Å². The molecular formula is C10H15Cl2P. The van der Waals surface area contributed by atoms with Crippen molar-refractivity contribution in [2.45, 2.75) is 13.1 Å². The van der Waals surface area contributed by atoms with Gasteiger partial charge in [-0.3, -0.25) is 0 Å². The van der Waals surface area contributed by atoms with E-state index in [9.17, 15) is 0 Å². The van der Waals surface area contributed by atoms with Crippen LogP contribution in [0.4, 0.5) is 0 Å². The molecule has 0 unspecified atom stereocenters. The Balaban J connectivity index is 2.81. The Morgan fingerprint density at radius 2 is 1.69 bits per heavy atom. The first-order valence-corrected chi connectivity index (χ1v) is 9.25. The fraction of sp³-hybridized carbons (Fsp3) is 0.400. The molecule has 0 aliphatic rings. The Morgan fingerprint density at radius 1 is 1.15 bits per heavy atom. The molecule has 0 nitrogen and oxygen atoms in total. The van der Waals surface area contributed by atoms with Crippen molar-refractivity contribution in [3.8, 4) is 0 Å². The van der Waals surface area contributed by atoms with Gasteiger partial charge in [0.05, 0.1) is 0 Å². The summed E-state index contributed by atoms with van der Waals surface area (Å²) < 4.78 is 0. The molecule has 0 saturated heterocycles. The summed E-state index contributed by atoms with van der Waals surface area (Å²) in [4.78, 5) is 0. The minimum atomic E-state index is -2.44. The normalized spacial score (nSPS) is 14.9. The van der Waals surface area contributed by atoms with Crippen molar-refractivity contribution in [2.75, 3.05) is 12.8 Å². The predicted octanol–water partition coefficient (Wildman–Crippen LogP) is 4.70. The van der Waals surface area contributed by atoms with Crippen molar-refractivity contribution in [2.24, 2.45) is 0 Å². The van der Waals surface area contributed by atoms with Crippen molar-refractivity contribution in [1.82, 2.24) is 0 Å². The standard InChI is InChI=1S/C10H15Cl2P/c1-3-13(2,11,12)9-10-7-5-4-6-8-10/h4-8H,3,9H2,1-2H3. The Kier molecular flexibility index (Phi) is 3.28. The summed E-state index contributed by atoms with van der Waals surface area (Å²) in [6.07, 6.45) is 1.68. The molecule has 0 heterocycles. The number of hydrogen-bond acceptors (Lipinski definition) is 0. The second kappa shape index (κ2) is 3.77. The molecule has 0 saturated carbocycles. The van der Waals surface area contributed by atoms with Crippen LogP contribution < -0.4 is 0 Å². The first kappa shape index (κ1) is 11.3. The van der Waals surface area contributed by atoms with Gasteiger partial charge in [0.2, 0.25) is 0 Å². The quantitative estimate of drug-likeness (QED) is 0.668. The molecule has 0 bridgehead atoms. The molecule has 0 spiro atoms. The van der Waals surface area contributed by atoms with E-state index >= 15 is 0 Å². The van der Waals surface area contributed by atoms with Gasteiger partial charge < -0.3 is 0 Å². The number of rotatable bonds is 3. The molecule has 0 fully saturated rings. The molecule has 0 aromatic heterocycles. The van der Waals surface area contributed by atoms with E-state index in [0.717, 1.165) is 12.3 Å². The maximum absolute atomic E-state index is 6.41. The molecule has 1 rings (SSSR count). The van der Waals surface area contributed by atoms with Crippen molar-refractivity contribution >= 4 is 27.8 Å². The number of halogens is 2. The van der Waals surface area contributed by atoms with Crippen LogP contribution in [0.5, 0.6) is 0 Å². The van der Waals surface area contributed by atoms with E-state index in [1.807, 2.05) is 24.9 Å². The monoisotopic (exact) mass is 236 g/mol. The molecule has 1 aromatic carbocycles. The van der Waals surface area contributed by atoms with Crippen molar-refractivity contribution in [3.05, 3.63) is 35.9 Å². The van der Waals surface area contributed by atoms with Gasteiger partial charge in [-0.15, -0.1) is 0 Å². The van der Waals surface area contributed by atoms with Crippen LogP contribution in [0.1, 0.15) is 12.5 Å². The van der Waals surface area contributed by atoms with Gasteiger partial charge in [0.15, 0.2) is 0 Å². The molecule has 0 aliphatic heterocycles. The van der Waals surface area contributed by atoms with Gasteiger partial charge in [-0.1, -0.05) is 0 Å². The van der Waals surface area contributed by atoms with Crippen molar-refractivity contribution < 1.29 is 0 Å². The van der Waals surface area contributed by atoms with E-state index in [-0.39, 0.29) is 0 Å². The summed E-state index contributed by atoms with van der Waals surface area (Å²) in [6, 6.07) is 10.2. The minimum absolute atomic E-state index is 0.812. The van der Waals surface area contributed by atoms with Crippen LogP contribution in [0.3, 0.4) is 0 Å². The predicted molar refractivity (Wildman–Crippen MR) is 65.2 cm³/mol. The van der Waals surface area contributed by atoms with Gasteiger partial charge in [0.1, 0.15) is 0 Å². The zero-order chi connectivity index (χ0) is 9.97. The van der Waals surface area contributed by atoms with Crippen LogP contribution in [0.25, 0.3) is 0 Å². The third kappa shape index (κ3) is 3.85. The maximum atomic E-state index is 6.41. The topological polar surface area (TPSA) is 0 Å². The van der Waals surface area contributed by atoms with E-state index in [0.29, 0.717) is 0 Å². The van der Waals surface area contributed by atoms with Gasteiger partial charge in [-0.05, 0) is 0 Å². The zero-order valence-electron chi connectivity index (χ0n) is 8.00. The molecule has 0 aliphatic carbocycles. The third-order valence-electron chi connectivity index (χ3n) is 2.19. The van der Waals surface area contributed by atoms with Crippen LogP contribution in [-0.4, -0.2) is 12.8 Å². The van der Waals surface area contributed by atoms with E-state index < -0.39 is 5.31 Å². The molecule has 74 valence electrons. The Morgan fingerprint density at radius 3 is 2.15 bits per heavy atom. The molecule has 1 aromatic rings. The summed E-state index contributed by atoms with van der Waals surface area (Å²) in [5.74, 6) is 0. The van der Waals surface area contributed by atoms with Gasteiger partial charge in [0, 0.05) is 0 Å². The average molecular weight is 237 g/mol. The molecule has 13 heavy (non-hydrogen) atoms. The van der Waals surface area contributed by atoms with E-state index in [2.05, 4.69) is 19.1 Å². The second-order valence-electron chi connectivity index (χ2n) is 3.70. The summed E-state index contributed by atoms with van der Waals surface area (Å²) in [7, 11) is 0. The van der Waals surface area contributed by atoms with Crippen molar-refractivity contribution in [3.63, 3.8) is 0 Å². The summed E-state index contributed by atoms with van der Waals surface area (Å²) >= 11 is 12.8. The zero-order valence-corrected chi connectivity index (χ0v) is 10.4. The second-order valence-corrected chi connectivity index (χ2v) is 14.5. The van der Waals surface area contributed by atoms with Gasteiger partial charge in [-0.2, -0.15) is 0 Å². The summed E-state index contributed by atoms with van der Waals surface area (Å²) in [6.45, 7) is 4.06. The van der Waals surface area contributed by atoms with Gasteiger partial charge in [0.25, 0.3) is 0 Å². The van der Waals surface area contributed by atoms with Gasteiger partial charge in [-0.25, -0.2) is 0 Å². The summed E-state index contributed by atoms with van der Waals surface area (Å²) in [5, 5.41) is -2.44. The first-order chi connectivity index (χ1) is 5.91. The Labute approximate surface area is 89.8 Å². The van der Waals surface area contributed by atoms with Crippen LogP contribution in [0.15, 0.2) is 30.3 Å². The van der Waals surface area contributed by atoms with Crippen LogP contribution in [0.2, 0.25) is 0 Å². The molecule has 0 radical (unpaired) electrons. The molecule has 0 amide bonds. The first-order valence-electron chi connectivity index (χ1n) is 4.39. The molecule has 0 N–H and O–H groups in total. The summed E-state index contributed by atoms with van der Waals surface area (Å²) in [5.41, 5.74) is 1.23. The van der Waals surface area contributed by atoms with Gasteiger partial charge >= 0.3 is 89.6 Å². The van der Waals surface area contributed by atoms with Crippen LogP contribution >= 0.6 is 27.8 Å². The van der Waals surface area contributed by atoms with E-state index in [1.165, 1.54) is 5.56 Å². The number of hydrogen-bond donors (Lipinski definition) is 0. The fourth-order valence-corrected chi connectivity index (χ4v) is 3.31.